The Morgan fingerprint density at radius 3 is 2.22 bits per heavy atom. The Balaban J connectivity index is 5.46. The molecule has 0 fully saturated rings. The molecule has 5 nitrogen and oxygen atoms in total. The van der Waals surface area contributed by atoms with Crippen molar-refractivity contribution in [1.82, 2.24) is 9.80 Å². The Bertz CT molecular complexity index is 540. The molecule has 0 aliphatic carbocycles. The topological polar surface area (TPSA) is 42.0 Å². The van der Waals surface area contributed by atoms with Gasteiger partial charge in [-0.05, 0) is 71.9 Å². The first-order valence-corrected chi connectivity index (χ1v) is 9.75. The number of allylic oxidation sites excluding steroid dienone is 3. The Labute approximate surface area is 166 Å². The van der Waals surface area contributed by atoms with Crippen LogP contribution in [0.5, 0.6) is 0 Å². The van der Waals surface area contributed by atoms with Crippen molar-refractivity contribution in [1.29, 1.82) is 0 Å². The average Bonchev–Trinajstić information content (AvgIpc) is 2.53. The second kappa shape index (κ2) is 11.9. The highest BCUT2D eigenvalue weighted by molar-refractivity contribution is 5.71. The molecule has 0 aromatic carbocycles. The van der Waals surface area contributed by atoms with Crippen molar-refractivity contribution < 1.29 is 14.3 Å². The van der Waals surface area contributed by atoms with Gasteiger partial charge in [0.05, 0.1) is 0 Å². The molecular weight excluding hydrogens is 340 g/mol. The lowest BCUT2D eigenvalue weighted by molar-refractivity contribution is 0.0300. The maximum Gasteiger partial charge on any atom is 0.414 e. The molecule has 0 radical (unpaired) electrons. The summed E-state index contributed by atoms with van der Waals surface area (Å²) in [5.74, 6) is 1.08. The van der Waals surface area contributed by atoms with Crippen molar-refractivity contribution in [3.63, 3.8) is 0 Å². The van der Waals surface area contributed by atoms with Crippen molar-refractivity contribution >= 4 is 6.09 Å². The van der Waals surface area contributed by atoms with Crippen molar-refractivity contribution in [3.8, 4) is 0 Å². The first-order valence-electron chi connectivity index (χ1n) is 9.75. The van der Waals surface area contributed by atoms with E-state index in [4.69, 9.17) is 9.47 Å². The van der Waals surface area contributed by atoms with Gasteiger partial charge in [0.25, 0.3) is 0 Å². The van der Waals surface area contributed by atoms with Gasteiger partial charge in [-0.2, -0.15) is 0 Å². The van der Waals surface area contributed by atoms with Crippen molar-refractivity contribution in [2.75, 3.05) is 33.8 Å². The van der Waals surface area contributed by atoms with Gasteiger partial charge in [-0.15, -0.1) is 0 Å². The molecule has 0 bridgehead atoms. The van der Waals surface area contributed by atoms with Gasteiger partial charge in [-0.1, -0.05) is 27.4 Å². The Morgan fingerprint density at radius 2 is 1.81 bits per heavy atom. The summed E-state index contributed by atoms with van der Waals surface area (Å²) >= 11 is 0. The van der Waals surface area contributed by atoms with E-state index < -0.39 is 5.60 Å². The zero-order valence-corrected chi connectivity index (χ0v) is 18.9. The molecule has 0 aliphatic heterocycles. The molecule has 0 saturated carbocycles. The monoisotopic (exact) mass is 380 g/mol. The summed E-state index contributed by atoms with van der Waals surface area (Å²) in [6, 6.07) is 0. The molecule has 0 aromatic heterocycles. The highest BCUT2D eigenvalue weighted by Crippen LogP contribution is 2.23. The second-order valence-corrected chi connectivity index (χ2v) is 8.30. The fourth-order valence-corrected chi connectivity index (χ4v) is 2.27. The molecule has 5 heteroatoms. The predicted molar refractivity (Wildman–Crippen MR) is 114 cm³/mol. The number of rotatable bonds is 10. The maximum atomic E-state index is 12.7. The van der Waals surface area contributed by atoms with Gasteiger partial charge in [-0.3, -0.25) is 4.90 Å². The highest BCUT2D eigenvalue weighted by Gasteiger charge is 2.26. The second-order valence-electron chi connectivity index (χ2n) is 8.30. The third kappa shape index (κ3) is 10.9. The van der Waals surface area contributed by atoms with E-state index in [2.05, 4.69) is 25.3 Å². The van der Waals surface area contributed by atoms with Crippen LogP contribution >= 0.6 is 0 Å². The minimum absolute atomic E-state index is 0.296. The van der Waals surface area contributed by atoms with E-state index in [9.17, 15) is 4.79 Å². The molecule has 27 heavy (non-hydrogen) atoms. The molecule has 1 amide bonds. The van der Waals surface area contributed by atoms with Crippen molar-refractivity contribution in [2.45, 2.75) is 60.5 Å². The smallest absolute Gasteiger partial charge is 0.414 e. The van der Waals surface area contributed by atoms with Crippen LogP contribution < -0.4 is 0 Å². The number of carbonyl (C=O) groups excluding carboxylic acids is 1. The SMILES string of the molecule is C=C(/C(=C/C(=C\C)OCCN(C)C)CC)N(CC(C)C)C(=O)OC(C)(C)C. The van der Waals surface area contributed by atoms with Crippen molar-refractivity contribution in [3.05, 3.63) is 35.8 Å². The lowest BCUT2D eigenvalue weighted by Crippen LogP contribution is -2.38. The van der Waals surface area contributed by atoms with Crippen molar-refractivity contribution in [2.24, 2.45) is 5.92 Å². The zero-order chi connectivity index (χ0) is 21.2. The van der Waals surface area contributed by atoms with Crippen LogP contribution in [0.2, 0.25) is 0 Å². The summed E-state index contributed by atoms with van der Waals surface area (Å²) in [6.45, 7) is 19.9. The van der Waals surface area contributed by atoms with Crippen LogP contribution in [0.25, 0.3) is 0 Å². The number of carbonyl (C=O) groups is 1. The standard InChI is InChI=1S/C22H40N2O3/c1-11-19(15-20(12-2)26-14-13-23(9)10)18(5)24(16-17(3)4)21(25)27-22(6,7)8/h12,15,17H,5,11,13-14,16H2,1-4,6-10H3/b19-15+,20-12+. The summed E-state index contributed by atoms with van der Waals surface area (Å²) in [7, 11) is 4.02. The molecule has 0 saturated heterocycles. The fourth-order valence-electron chi connectivity index (χ4n) is 2.27. The van der Waals surface area contributed by atoms with Crippen LogP contribution in [0.4, 0.5) is 4.79 Å². The molecule has 0 spiro atoms. The molecule has 0 aliphatic rings. The first-order chi connectivity index (χ1) is 12.4. The van der Waals surface area contributed by atoms with Crippen LogP contribution in [-0.4, -0.2) is 55.3 Å². The van der Waals surface area contributed by atoms with Gasteiger partial charge in [0.1, 0.15) is 18.0 Å². The third-order valence-corrected chi connectivity index (χ3v) is 3.65. The number of amides is 1. The number of hydrogen-bond donors (Lipinski definition) is 0. The van der Waals surface area contributed by atoms with E-state index in [1.807, 2.05) is 60.9 Å². The van der Waals surface area contributed by atoms with E-state index >= 15 is 0 Å². The largest absolute Gasteiger partial charge is 0.493 e. The van der Waals surface area contributed by atoms with Gasteiger partial charge >= 0.3 is 6.09 Å². The Kier molecular flexibility index (Phi) is 11.1. The molecular formula is C22H40N2O3. The first kappa shape index (κ1) is 25.2. The Morgan fingerprint density at radius 1 is 1.22 bits per heavy atom. The van der Waals surface area contributed by atoms with E-state index in [1.165, 1.54) is 0 Å². The zero-order valence-electron chi connectivity index (χ0n) is 18.9. The van der Waals surface area contributed by atoms with E-state index in [0.717, 1.165) is 24.3 Å². The Hall–Kier alpha value is -1.75. The maximum absolute atomic E-state index is 12.7. The molecule has 0 aromatic rings. The quantitative estimate of drug-likeness (QED) is 0.385. The van der Waals surface area contributed by atoms with E-state index in [1.54, 1.807) is 4.90 Å². The van der Waals surface area contributed by atoms with Crippen LogP contribution in [0, 0.1) is 5.92 Å². The summed E-state index contributed by atoms with van der Waals surface area (Å²) in [6.07, 6.45) is 4.27. The molecule has 0 heterocycles. The minimum Gasteiger partial charge on any atom is -0.493 e. The predicted octanol–water partition coefficient (Wildman–Crippen LogP) is 5.21. The van der Waals surface area contributed by atoms with Gasteiger partial charge in [-0.25, -0.2) is 4.79 Å². The molecule has 0 atom stereocenters. The van der Waals surface area contributed by atoms with E-state index in [0.29, 0.717) is 24.8 Å². The lowest BCUT2D eigenvalue weighted by atomic mass is 10.1. The summed E-state index contributed by atoms with van der Waals surface area (Å²) in [4.78, 5) is 16.4. The van der Waals surface area contributed by atoms with Gasteiger partial charge in [0.15, 0.2) is 0 Å². The highest BCUT2D eigenvalue weighted by atomic mass is 16.6. The van der Waals surface area contributed by atoms with Crippen LogP contribution in [0.1, 0.15) is 54.9 Å². The fraction of sp³-hybridized carbons (Fsp3) is 0.682. The number of ether oxygens (including phenoxy) is 2. The molecule has 0 N–H and O–H groups in total. The third-order valence-electron chi connectivity index (χ3n) is 3.65. The van der Waals surface area contributed by atoms with E-state index in [-0.39, 0.29) is 6.09 Å². The van der Waals surface area contributed by atoms with Crippen LogP contribution in [0.15, 0.2) is 35.8 Å². The molecule has 0 unspecified atom stereocenters. The average molecular weight is 381 g/mol. The van der Waals surface area contributed by atoms with Crippen LogP contribution in [-0.2, 0) is 9.47 Å². The van der Waals surface area contributed by atoms with Gasteiger partial charge < -0.3 is 14.4 Å². The lowest BCUT2D eigenvalue weighted by Gasteiger charge is -2.30. The van der Waals surface area contributed by atoms with Crippen LogP contribution in [0.3, 0.4) is 0 Å². The molecule has 156 valence electrons. The molecule has 0 rings (SSSR count). The number of nitrogens with zero attached hydrogens (tertiary/aromatic N) is 2. The summed E-state index contributed by atoms with van der Waals surface area (Å²) in [5.41, 5.74) is 1.07. The number of likely N-dealkylation sites (N-methyl/N-ethyl adjacent to an activating group) is 1. The van der Waals surface area contributed by atoms with Gasteiger partial charge in [0.2, 0.25) is 0 Å². The van der Waals surface area contributed by atoms with Gasteiger partial charge in [0, 0.05) is 18.8 Å². The number of hydrogen-bond acceptors (Lipinski definition) is 4. The summed E-state index contributed by atoms with van der Waals surface area (Å²) < 4.78 is 11.4. The minimum atomic E-state index is -0.549. The normalized spacial score (nSPS) is 13.1. The summed E-state index contributed by atoms with van der Waals surface area (Å²) in [5, 5.41) is 0.